The Morgan fingerprint density at radius 3 is 2.56 bits per heavy atom. The first-order chi connectivity index (χ1) is 7.66. The molecule has 7 heteroatoms. The molecule has 16 heavy (non-hydrogen) atoms. The van der Waals surface area contributed by atoms with Crippen LogP contribution in [0.2, 0.25) is 0 Å². The molecular weight excluding hydrogens is 216 g/mol. The topological polar surface area (TPSA) is 106 Å². The molecule has 0 bridgehead atoms. The molecule has 2 heterocycles. The van der Waals surface area contributed by atoms with Crippen molar-refractivity contribution in [3.63, 3.8) is 0 Å². The van der Waals surface area contributed by atoms with Crippen LogP contribution in [0.25, 0.3) is 0 Å². The normalized spacial score (nSPS) is 10.0. The molecule has 0 aliphatic rings. The van der Waals surface area contributed by atoms with Gasteiger partial charge in [-0.15, -0.1) is 0 Å². The van der Waals surface area contributed by atoms with Crippen molar-refractivity contribution in [2.75, 3.05) is 5.32 Å². The molecule has 0 aliphatic heterocycles. The summed E-state index contributed by atoms with van der Waals surface area (Å²) < 4.78 is 9.29. The summed E-state index contributed by atoms with van der Waals surface area (Å²) in [5.74, 6) is -2.02. The van der Waals surface area contributed by atoms with Gasteiger partial charge in [-0.3, -0.25) is 4.79 Å². The molecule has 82 valence electrons. The zero-order chi connectivity index (χ0) is 11.5. The standard InChI is InChI=1S/C9H6N2O5/c12-8(10-7-3-4-15-11-7)5-1-2-6(16-5)9(13)14/h1-4H,(H,13,14)(H,10,11,12). The second-order valence-corrected chi connectivity index (χ2v) is 2.81. The summed E-state index contributed by atoms with van der Waals surface area (Å²) in [6.07, 6.45) is 1.29. The molecule has 2 rings (SSSR count). The number of anilines is 1. The molecule has 0 radical (unpaired) electrons. The van der Waals surface area contributed by atoms with Crippen LogP contribution < -0.4 is 5.32 Å². The number of furan rings is 1. The van der Waals surface area contributed by atoms with E-state index in [1.54, 1.807) is 0 Å². The van der Waals surface area contributed by atoms with Crippen LogP contribution in [0.3, 0.4) is 0 Å². The van der Waals surface area contributed by atoms with Gasteiger partial charge in [-0.05, 0) is 12.1 Å². The van der Waals surface area contributed by atoms with E-state index in [1.807, 2.05) is 0 Å². The van der Waals surface area contributed by atoms with Crippen molar-refractivity contribution in [1.29, 1.82) is 0 Å². The van der Waals surface area contributed by atoms with E-state index < -0.39 is 11.9 Å². The number of rotatable bonds is 3. The lowest BCUT2D eigenvalue weighted by atomic mass is 10.4. The summed E-state index contributed by atoms with van der Waals surface area (Å²) in [6.45, 7) is 0. The van der Waals surface area contributed by atoms with Gasteiger partial charge in [0.05, 0.1) is 0 Å². The first-order valence-corrected chi connectivity index (χ1v) is 4.21. The molecule has 7 nitrogen and oxygen atoms in total. The fraction of sp³-hybridized carbons (Fsp3) is 0. The van der Waals surface area contributed by atoms with E-state index in [9.17, 15) is 9.59 Å². The van der Waals surface area contributed by atoms with E-state index in [0.717, 1.165) is 0 Å². The second kappa shape index (κ2) is 3.89. The van der Waals surface area contributed by atoms with Gasteiger partial charge in [-0.25, -0.2) is 4.79 Å². The third-order valence-electron chi connectivity index (χ3n) is 1.72. The van der Waals surface area contributed by atoms with E-state index in [-0.39, 0.29) is 17.3 Å². The monoisotopic (exact) mass is 222 g/mol. The lowest BCUT2D eigenvalue weighted by molar-refractivity contribution is 0.0660. The molecule has 0 unspecified atom stereocenters. The van der Waals surface area contributed by atoms with Crippen molar-refractivity contribution < 1.29 is 23.6 Å². The molecule has 0 spiro atoms. The van der Waals surface area contributed by atoms with E-state index in [4.69, 9.17) is 9.52 Å². The molecule has 1 amide bonds. The fourth-order valence-electron chi connectivity index (χ4n) is 1.03. The molecular formula is C9H6N2O5. The van der Waals surface area contributed by atoms with E-state index in [1.165, 1.54) is 24.5 Å². The van der Waals surface area contributed by atoms with Crippen molar-refractivity contribution in [3.8, 4) is 0 Å². The zero-order valence-corrected chi connectivity index (χ0v) is 7.84. The Morgan fingerprint density at radius 1 is 1.25 bits per heavy atom. The Bertz CT molecular complexity index is 514. The molecule has 0 fully saturated rings. The van der Waals surface area contributed by atoms with Gasteiger partial charge in [0.15, 0.2) is 11.6 Å². The average molecular weight is 222 g/mol. The smallest absolute Gasteiger partial charge is 0.371 e. The number of nitrogens with zero attached hydrogens (tertiary/aromatic N) is 1. The minimum absolute atomic E-state index is 0.111. The van der Waals surface area contributed by atoms with E-state index in [2.05, 4.69) is 15.0 Å². The highest BCUT2D eigenvalue weighted by atomic mass is 16.5. The molecule has 2 aromatic rings. The van der Waals surface area contributed by atoms with Crippen LogP contribution in [-0.2, 0) is 0 Å². The highest BCUT2D eigenvalue weighted by Gasteiger charge is 2.15. The third kappa shape index (κ3) is 1.92. The Kier molecular flexibility index (Phi) is 2.42. The average Bonchev–Trinajstić information content (AvgIpc) is 2.86. The van der Waals surface area contributed by atoms with Crippen LogP contribution in [-0.4, -0.2) is 22.1 Å². The number of amides is 1. The quantitative estimate of drug-likeness (QED) is 0.808. The minimum Gasteiger partial charge on any atom is -0.475 e. The largest absolute Gasteiger partial charge is 0.475 e. The van der Waals surface area contributed by atoms with Crippen molar-refractivity contribution in [2.24, 2.45) is 0 Å². The van der Waals surface area contributed by atoms with Crippen molar-refractivity contribution in [1.82, 2.24) is 5.16 Å². The van der Waals surface area contributed by atoms with Crippen LogP contribution in [0.15, 0.2) is 33.4 Å². The van der Waals surface area contributed by atoms with Crippen LogP contribution in [0.1, 0.15) is 21.1 Å². The minimum atomic E-state index is -1.24. The molecule has 0 saturated carbocycles. The van der Waals surface area contributed by atoms with Crippen molar-refractivity contribution in [2.45, 2.75) is 0 Å². The molecule has 2 aromatic heterocycles. The van der Waals surface area contributed by atoms with Gasteiger partial charge in [-0.1, -0.05) is 5.16 Å². The molecule has 0 aromatic carbocycles. The Morgan fingerprint density at radius 2 is 2.00 bits per heavy atom. The number of hydrogen-bond donors (Lipinski definition) is 2. The van der Waals surface area contributed by atoms with Gasteiger partial charge in [0, 0.05) is 6.07 Å². The van der Waals surface area contributed by atoms with Gasteiger partial charge in [0.2, 0.25) is 5.76 Å². The van der Waals surface area contributed by atoms with Crippen LogP contribution in [0.4, 0.5) is 5.82 Å². The lowest BCUT2D eigenvalue weighted by Crippen LogP contribution is -2.11. The summed E-state index contributed by atoms with van der Waals surface area (Å²) in [6, 6.07) is 3.90. The Labute approximate surface area is 88.6 Å². The number of nitrogens with one attached hydrogen (secondary N) is 1. The van der Waals surface area contributed by atoms with Crippen molar-refractivity contribution >= 4 is 17.7 Å². The second-order valence-electron chi connectivity index (χ2n) is 2.81. The molecule has 0 atom stereocenters. The van der Waals surface area contributed by atoms with E-state index in [0.29, 0.717) is 0 Å². The highest BCUT2D eigenvalue weighted by molar-refractivity contribution is 6.02. The lowest BCUT2D eigenvalue weighted by Gasteiger charge is -1.96. The number of carboxylic acid groups (broad SMARTS) is 1. The summed E-state index contributed by atoms with van der Waals surface area (Å²) in [5, 5.41) is 14.4. The molecule has 0 aliphatic carbocycles. The number of aromatic nitrogens is 1. The summed E-state index contributed by atoms with van der Waals surface area (Å²) in [4.78, 5) is 22.0. The Balaban J connectivity index is 2.12. The predicted octanol–water partition coefficient (Wildman–Crippen LogP) is 1.22. The number of aromatic carboxylic acids is 1. The van der Waals surface area contributed by atoms with Crippen LogP contribution in [0.5, 0.6) is 0 Å². The van der Waals surface area contributed by atoms with Crippen molar-refractivity contribution in [3.05, 3.63) is 36.0 Å². The van der Waals surface area contributed by atoms with Gasteiger partial charge in [0.25, 0.3) is 5.91 Å². The van der Waals surface area contributed by atoms with Crippen LogP contribution >= 0.6 is 0 Å². The maximum absolute atomic E-state index is 11.5. The van der Waals surface area contributed by atoms with Gasteiger partial charge in [-0.2, -0.15) is 0 Å². The fourth-order valence-corrected chi connectivity index (χ4v) is 1.03. The number of carbonyl (C=O) groups is 2. The van der Waals surface area contributed by atoms with E-state index >= 15 is 0 Å². The maximum Gasteiger partial charge on any atom is 0.371 e. The number of carboxylic acids is 1. The predicted molar refractivity (Wildman–Crippen MR) is 50.1 cm³/mol. The Hall–Kier alpha value is -2.57. The van der Waals surface area contributed by atoms with Gasteiger partial charge in [0.1, 0.15) is 6.26 Å². The third-order valence-corrected chi connectivity index (χ3v) is 1.72. The summed E-state index contributed by atoms with van der Waals surface area (Å²) in [5.41, 5.74) is 0. The maximum atomic E-state index is 11.5. The van der Waals surface area contributed by atoms with Crippen LogP contribution in [0, 0.1) is 0 Å². The highest BCUT2D eigenvalue weighted by Crippen LogP contribution is 2.10. The number of hydrogen-bond acceptors (Lipinski definition) is 5. The van der Waals surface area contributed by atoms with Gasteiger partial charge < -0.3 is 19.4 Å². The van der Waals surface area contributed by atoms with Gasteiger partial charge >= 0.3 is 5.97 Å². The first-order valence-electron chi connectivity index (χ1n) is 4.21. The SMILES string of the molecule is O=C(O)c1ccc(C(=O)Nc2ccon2)o1. The zero-order valence-electron chi connectivity index (χ0n) is 7.84. The first kappa shape index (κ1) is 9.97. The molecule has 2 N–H and O–H groups in total. The molecule has 0 saturated heterocycles. The summed E-state index contributed by atoms with van der Waals surface area (Å²) in [7, 11) is 0. The number of carbonyl (C=O) groups excluding carboxylic acids is 1. The summed E-state index contributed by atoms with van der Waals surface area (Å²) >= 11 is 0.